The van der Waals surface area contributed by atoms with E-state index in [0.717, 1.165) is 25.9 Å². The average molecular weight is 242 g/mol. The maximum Gasteiger partial charge on any atom is 0.226 e. The Morgan fingerprint density at radius 1 is 1.41 bits per heavy atom. The zero-order valence-corrected chi connectivity index (χ0v) is 10.4. The second kappa shape index (κ2) is 4.92. The average Bonchev–Trinajstić information content (AvgIpc) is 2.75. The SMILES string of the molecule is CC1(C(=O)NCC2(O)CCOC2)CCNCC1. The number of carbonyl (C=O) groups is 1. The lowest BCUT2D eigenvalue weighted by Gasteiger charge is -2.33. The van der Waals surface area contributed by atoms with Gasteiger partial charge in [0, 0.05) is 25.0 Å². The predicted molar refractivity (Wildman–Crippen MR) is 63.6 cm³/mol. The van der Waals surface area contributed by atoms with Gasteiger partial charge in [0.05, 0.1) is 6.61 Å². The normalized spacial score (nSPS) is 32.4. The molecule has 2 fully saturated rings. The first-order chi connectivity index (χ1) is 8.04. The fourth-order valence-electron chi connectivity index (χ4n) is 2.40. The highest BCUT2D eigenvalue weighted by Crippen LogP contribution is 2.28. The summed E-state index contributed by atoms with van der Waals surface area (Å²) < 4.78 is 5.15. The molecule has 2 rings (SSSR count). The topological polar surface area (TPSA) is 70.6 Å². The van der Waals surface area contributed by atoms with Gasteiger partial charge in [0.15, 0.2) is 0 Å². The number of piperidine rings is 1. The number of hydrogen-bond acceptors (Lipinski definition) is 4. The Kier molecular flexibility index (Phi) is 3.70. The van der Waals surface area contributed by atoms with Crippen molar-refractivity contribution in [3.05, 3.63) is 0 Å². The van der Waals surface area contributed by atoms with E-state index in [2.05, 4.69) is 10.6 Å². The summed E-state index contributed by atoms with van der Waals surface area (Å²) in [5.74, 6) is 0.0549. The van der Waals surface area contributed by atoms with Crippen molar-refractivity contribution in [1.82, 2.24) is 10.6 Å². The number of rotatable bonds is 3. The van der Waals surface area contributed by atoms with Crippen LogP contribution in [0.1, 0.15) is 26.2 Å². The molecule has 1 atom stereocenters. The molecule has 0 saturated carbocycles. The van der Waals surface area contributed by atoms with Crippen LogP contribution >= 0.6 is 0 Å². The van der Waals surface area contributed by atoms with Gasteiger partial charge in [-0.2, -0.15) is 0 Å². The van der Waals surface area contributed by atoms with Gasteiger partial charge in [-0.3, -0.25) is 4.79 Å². The third-order valence-electron chi connectivity index (χ3n) is 3.92. The minimum atomic E-state index is -0.862. The molecular formula is C12H22N2O3. The van der Waals surface area contributed by atoms with Gasteiger partial charge in [-0.05, 0) is 25.9 Å². The van der Waals surface area contributed by atoms with E-state index in [1.807, 2.05) is 6.92 Å². The molecule has 2 aliphatic rings. The minimum Gasteiger partial charge on any atom is -0.386 e. The van der Waals surface area contributed by atoms with Gasteiger partial charge < -0.3 is 20.5 Å². The molecule has 0 aromatic rings. The Hall–Kier alpha value is -0.650. The Labute approximate surface area is 102 Å². The highest BCUT2D eigenvalue weighted by molar-refractivity contribution is 5.82. The first-order valence-electron chi connectivity index (χ1n) is 6.33. The van der Waals surface area contributed by atoms with Gasteiger partial charge in [0.1, 0.15) is 5.60 Å². The molecule has 0 aliphatic carbocycles. The van der Waals surface area contributed by atoms with E-state index >= 15 is 0 Å². The highest BCUT2D eigenvalue weighted by Gasteiger charge is 2.37. The molecule has 0 aromatic heterocycles. The van der Waals surface area contributed by atoms with Crippen LogP contribution in [0.5, 0.6) is 0 Å². The molecule has 2 saturated heterocycles. The van der Waals surface area contributed by atoms with E-state index in [1.54, 1.807) is 0 Å². The van der Waals surface area contributed by atoms with E-state index in [1.165, 1.54) is 0 Å². The van der Waals surface area contributed by atoms with Crippen molar-refractivity contribution in [3.8, 4) is 0 Å². The van der Waals surface area contributed by atoms with Crippen molar-refractivity contribution in [2.24, 2.45) is 5.41 Å². The maximum absolute atomic E-state index is 12.1. The van der Waals surface area contributed by atoms with Gasteiger partial charge >= 0.3 is 0 Å². The van der Waals surface area contributed by atoms with Gasteiger partial charge in [-0.15, -0.1) is 0 Å². The largest absolute Gasteiger partial charge is 0.386 e. The lowest BCUT2D eigenvalue weighted by Crippen LogP contribution is -2.50. The summed E-state index contributed by atoms with van der Waals surface area (Å²) in [6, 6.07) is 0. The minimum absolute atomic E-state index is 0.0549. The summed E-state index contributed by atoms with van der Waals surface area (Å²) in [6.45, 7) is 4.97. The molecule has 17 heavy (non-hydrogen) atoms. The molecule has 0 spiro atoms. The third kappa shape index (κ3) is 2.97. The van der Waals surface area contributed by atoms with Crippen molar-refractivity contribution >= 4 is 5.91 Å². The number of amides is 1. The van der Waals surface area contributed by atoms with E-state index in [-0.39, 0.29) is 11.3 Å². The fraction of sp³-hybridized carbons (Fsp3) is 0.917. The third-order valence-corrected chi connectivity index (χ3v) is 3.92. The summed E-state index contributed by atoms with van der Waals surface area (Å²) >= 11 is 0. The van der Waals surface area contributed by atoms with Gasteiger partial charge in [-0.25, -0.2) is 0 Å². The predicted octanol–water partition coefficient (Wildman–Crippen LogP) is -0.356. The molecule has 1 amide bonds. The van der Waals surface area contributed by atoms with Crippen LogP contribution in [0.15, 0.2) is 0 Å². The fourth-order valence-corrected chi connectivity index (χ4v) is 2.40. The molecule has 1 unspecified atom stereocenters. The standard InChI is InChI=1S/C12H22N2O3/c1-11(2-5-13-6-3-11)10(15)14-8-12(16)4-7-17-9-12/h13,16H,2-9H2,1H3,(H,14,15). The zero-order valence-electron chi connectivity index (χ0n) is 10.4. The summed E-state index contributed by atoms with van der Waals surface area (Å²) in [4.78, 5) is 12.1. The zero-order chi connectivity index (χ0) is 12.4. The van der Waals surface area contributed by atoms with Crippen LogP contribution in [-0.4, -0.2) is 49.5 Å². The van der Waals surface area contributed by atoms with Crippen LogP contribution in [0.25, 0.3) is 0 Å². The molecule has 0 aromatic carbocycles. The van der Waals surface area contributed by atoms with E-state index in [9.17, 15) is 9.90 Å². The van der Waals surface area contributed by atoms with Crippen LogP contribution in [-0.2, 0) is 9.53 Å². The van der Waals surface area contributed by atoms with E-state index in [4.69, 9.17) is 4.74 Å². The maximum atomic E-state index is 12.1. The van der Waals surface area contributed by atoms with Gasteiger partial charge in [0.2, 0.25) is 5.91 Å². The quantitative estimate of drug-likeness (QED) is 0.632. The number of ether oxygens (including phenoxy) is 1. The lowest BCUT2D eigenvalue weighted by molar-refractivity contribution is -0.132. The lowest BCUT2D eigenvalue weighted by atomic mass is 9.80. The molecule has 5 nitrogen and oxygen atoms in total. The van der Waals surface area contributed by atoms with E-state index in [0.29, 0.717) is 26.2 Å². The summed E-state index contributed by atoms with van der Waals surface area (Å²) in [5, 5.41) is 16.2. The van der Waals surface area contributed by atoms with Crippen molar-refractivity contribution in [3.63, 3.8) is 0 Å². The molecule has 3 N–H and O–H groups in total. The van der Waals surface area contributed by atoms with Crippen LogP contribution < -0.4 is 10.6 Å². The van der Waals surface area contributed by atoms with Gasteiger partial charge in [0.25, 0.3) is 0 Å². The molecule has 0 radical (unpaired) electrons. The second-order valence-corrected chi connectivity index (χ2v) is 5.52. The Bertz CT molecular complexity index is 281. The monoisotopic (exact) mass is 242 g/mol. The summed E-state index contributed by atoms with van der Waals surface area (Å²) in [5.41, 5.74) is -1.15. The number of hydrogen-bond donors (Lipinski definition) is 3. The molecule has 5 heteroatoms. The molecular weight excluding hydrogens is 220 g/mol. The van der Waals surface area contributed by atoms with Crippen molar-refractivity contribution < 1.29 is 14.6 Å². The van der Waals surface area contributed by atoms with Crippen LogP contribution in [0.3, 0.4) is 0 Å². The first-order valence-corrected chi connectivity index (χ1v) is 6.33. The smallest absolute Gasteiger partial charge is 0.226 e. The van der Waals surface area contributed by atoms with Crippen molar-refractivity contribution in [2.45, 2.75) is 31.8 Å². The number of nitrogens with one attached hydrogen (secondary N) is 2. The molecule has 2 aliphatic heterocycles. The van der Waals surface area contributed by atoms with Gasteiger partial charge in [-0.1, -0.05) is 6.92 Å². The van der Waals surface area contributed by atoms with Crippen molar-refractivity contribution in [2.75, 3.05) is 32.8 Å². The van der Waals surface area contributed by atoms with Crippen LogP contribution in [0.2, 0.25) is 0 Å². The first kappa shape index (κ1) is 12.8. The molecule has 2 heterocycles. The van der Waals surface area contributed by atoms with E-state index < -0.39 is 5.60 Å². The molecule has 0 bridgehead atoms. The second-order valence-electron chi connectivity index (χ2n) is 5.52. The Morgan fingerprint density at radius 2 is 2.12 bits per heavy atom. The summed E-state index contributed by atoms with van der Waals surface area (Å²) in [6.07, 6.45) is 2.31. The highest BCUT2D eigenvalue weighted by atomic mass is 16.5. The van der Waals surface area contributed by atoms with Crippen LogP contribution in [0, 0.1) is 5.41 Å². The number of carbonyl (C=O) groups excluding carboxylic acids is 1. The Balaban J connectivity index is 1.84. The Morgan fingerprint density at radius 3 is 2.71 bits per heavy atom. The molecule has 98 valence electrons. The van der Waals surface area contributed by atoms with Crippen LogP contribution in [0.4, 0.5) is 0 Å². The summed E-state index contributed by atoms with van der Waals surface area (Å²) in [7, 11) is 0. The number of aliphatic hydroxyl groups is 1. The van der Waals surface area contributed by atoms with Crippen molar-refractivity contribution in [1.29, 1.82) is 0 Å².